The van der Waals surface area contributed by atoms with E-state index in [2.05, 4.69) is 34.9 Å². The SMILES string of the molecule is CCCC(=O)NCCCCC(NC(=O)OCc1ccccc1)C(=O)N1CCC(Cc2ccccc2)CC1. The number of likely N-dealkylation sites (tertiary alicyclic amines) is 1. The van der Waals surface area contributed by atoms with Gasteiger partial charge in [0.05, 0.1) is 0 Å². The summed E-state index contributed by atoms with van der Waals surface area (Å²) in [5, 5.41) is 5.72. The predicted octanol–water partition coefficient (Wildman–Crippen LogP) is 4.85. The molecule has 0 spiro atoms. The monoisotopic (exact) mass is 507 g/mol. The zero-order valence-electron chi connectivity index (χ0n) is 22.0. The first kappa shape index (κ1) is 28.2. The molecule has 0 bridgehead atoms. The zero-order chi connectivity index (χ0) is 26.3. The van der Waals surface area contributed by atoms with Crippen LogP contribution in [-0.4, -0.2) is 48.5 Å². The maximum absolute atomic E-state index is 13.4. The lowest BCUT2D eigenvalue weighted by Gasteiger charge is -2.34. The number of ether oxygens (including phenoxy) is 1. The Morgan fingerprint density at radius 1 is 0.946 bits per heavy atom. The molecule has 2 N–H and O–H groups in total. The molecule has 7 nitrogen and oxygen atoms in total. The number of nitrogens with zero attached hydrogens (tertiary/aromatic N) is 1. The standard InChI is InChI=1S/C30H41N3O4/c1-2-11-28(34)31-19-10-9-16-27(32-30(36)37-23-26-14-7-4-8-15-26)29(35)33-20-17-25(18-21-33)22-24-12-5-3-6-13-24/h3-8,12-15,25,27H,2,9-11,16-23H2,1H3,(H,31,34)(H,32,36). The van der Waals surface area contributed by atoms with Crippen molar-refractivity contribution in [3.05, 3.63) is 71.8 Å². The molecule has 7 heteroatoms. The molecule has 200 valence electrons. The van der Waals surface area contributed by atoms with Gasteiger partial charge in [0.15, 0.2) is 0 Å². The Morgan fingerprint density at radius 2 is 1.59 bits per heavy atom. The number of benzene rings is 2. The highest BCUT2D eigenvalue weighted by Gasteiger charge is 2.29. The zero-order valence-corrected chi connectivity index (χ0v) is 22.0. The quantitative estimate of drug-likeness (QED) is 0.380. The van der Waals surface area contributed by atoms with Crippen LogP contribution in [-0.2, 0) is 27.4 Å². The average Bonchev–Trinajstić information content (AvgIpc) is 2.92. The Bertz CT molecular complexity index is 959. The Balaban J connectivity index is 1.50. The summed E-state index contributed by atoms with van der Waals surface area (Å²) < 4.78 is 5.39. The molecule has 2 aromatic rings. The number of hydrogen-bond donors (Lipinski definition) is 2. The van der Waals surface area contributed by atoms with Crippen LogP contribution < -0.4 is 10.6 Å². The lowest BCUT2D eigenvalue weighted by atomic mass is 9.90. The summed E-state index contributed by atoms with van der Waals surface area (Å²) >= 11 is 0. The first-order valence-electron chi connectivity index (χ1n) is 13.6. The van der Waals surface area contributed by atoms with E-state index in [4.69, 9.17) is 4.74 Å². The fraction of sp³-hybridized carbons (Fsp3) is 0.500. The Kier molecular flexibility index (Phi) is 12.0. The molecule has 1 saturated heterocycles. The summed E-state index contributed by atoms with van der Waals surface area (Å²) in [6.07, 6.45) is 5.66. The van der Waals surface area contributed by atoms with Crippen LogP contribution in [0.4, 0.5) is 4.79 Å². The number of carbonyl (C=O) groups excluding carboxylic acids is 3. The first-order chi connectivity index (χ1) is 18.0. The molecule has 0 radical (unpaired) electrons. The summed E-state index contributed by atoms with van der Waals surface area (Å²) in [4.78, 5) is 39.5. The number of hydrogen-bond acceptors (Lipinski definition) is 4. The summed E-state index contributed by atoms with van der Waals surface area (Å²) in [6, 6.07) is 19.3. The van der Waals surface area contributed by atoms with Crippen LogP contribution in [0.15, 0.2) is 60.7 Å². The van der Waals surface area contributed by atoms with Crippen LogP contribution in [0.25, 0.3) is 0 Å². The molecular formula is C30H41N3O4. The van der Waals surface area contributed by atoms with Gasteiger partial charge in [-0.3, -0.25) is 9.59 Å². The highest BCUT2D eigenvalue weighted by atomic mass is 16.5. The smallest absolute Gasteiger partial charge is 0.408 e. The fourth-order valence-corrected chi connectivity index (χ4v) is 4.71. The Labute approximate surface area is 221 Å². The number of alkyl carbamates (subject to hydrolysis) is 1. The van der Waals surface area contributed by atoms with Crippen LogP contribution in [0.1, 0.15) is 63.0 Å². The molecule has 1 aliphatic heterocycles. The number of carbonyl (C=O) groups is 3. The van der Waals surface area contributed by atoms with Crippen LogP contribution in [0, 0.1) is 5.92 Å². The van der Waals surface area contributed by atoms with Gasteiger partial charge in [-0.15, -0.1) is 0 Å². The van der Waals surface area contributed by atoms with Crippen molar-refractivity contribution in [2.75, 3.05) is 19.6 Å². The van der Waals surface area contributed by atoms with Crippen LogP contribution in [0.2, 0.25) is 0 Å². The second-order valence-electron chi connectivity index (χ2n) is 9.81. The van der Waals surface area contributed by atoms with Crippen molar-refractivity contribution < 1.29 is 19.1 Å². The van der Waals surface area contributed by atoms with E-state index in [0.717, 1.165) is 37.7 Å². The van der Waals surface area contributed by atoms with E-state index in [1.807, 2.05) is 48.2 Å². The van der Waals surface area contributed by atoms with Gasteiger partial charge in [0.1, 0.15) is 12.6 Å². The molecule has 3 amide bonds. The third-order valence-electron chi connectivity index (χ3n) is 6.82. The first-order valence-corrected chi connectivity index (χ1v) is 13.6. The van der Waals surface area contributed by atoms with E-state index in [0.29, 0.717) is 44.8 Å². The summed E-state index contributed by atoms with van der Waals surface area (Å²) in [6.45, 7) is 4.09. The van der Waals surface area contributed by atoms with Gasteiger partial charge in [0.2, 0.25) is 11.8 Å². The van der Waals surface area contributed by atoms with E-state index < -0.39 is 12.1 Å². The largest absolute Gasteiger partial charge is 0.445 e. The third kappa shape index (κ3) is 10.3. The van der Waals surface area contributed by atoms with Crippen LogP contribution in [0.3, 0.4) is 0 Å². The Hall–Kier alpha value is -3.35. The average molecular weight is 508 g/mol. The molecule has 1 heterocycles. The summed E-state index contributed by atoms with van der Waals surface area (Å²) in [5.41, 5.74) is 2.22. The molecule has 37 heavy (non-hydrogen) atoms. The number of amides is 3. The van der Waals surface area contributed by atoms with E-state index in [9.17, 15) is 14.4 Å². The lowest BCUT2D eigenvalue weighted by molar-refractivity contribution is -0.135. The molecule has 1 aliphatic rings. The molecular weight excluding hydrogens is 466 g/mol. The highest BCUT2D eigenvalue weighted by molar-refractivity contribution is 5.85. The second-order valence-corrected chi connectivity index (χ2v) is 9.81. The molecule has 1 atom stereocenters. The van der Waals surface area contributed by atoms with E-state index in [1.54, 1.807) is 0 Å². The van der Waals surface area contributed by atoms with Gasteiger partial charge in [-0.1, -0.05) is 67.6 Å². The van der Waals surface area contributed by atoms with Gasteiger partial charge >= 0.3 is 6.09 Å². The minimum Gasteiger partial charge on any atom is -0.445 e. The lowest BCUT2D eigenvalue weighted by Crippen LogP contribution is -2.51. The molecule has 0 aromatic heterocycles. The highest BCUT2D eigenvalue weighted by Crippen LogP contribution is 2.22. The molecule has 1 fully saturated rings. The molecule has 3 rings (SSSR count). The van der Waals surface area contributed by atoms with Crippen molar-refractivity contribution in [3.63, 3.8) is 0 Å². The van der Waals surface area contributed by atoms with Crippen LogP contribution >= 0.6 is 0 Å². The topological polar surface area (TPSA) is 87.7 Å². The van der Waals surface area contributed by atoms with Crippen molar-refractivity contribution >= 4 is 17.9 Å². The maximum Gasteiger partial charge on any atom is 0.408 e. The van der Waals surface area contributed by atoms with Gasteiger partial charge < -0.3 is 20.3 Å². The molecule has 0 saturated carbocycles. The summed E-state index contributed by atoms with van der Waals surface area (Å²) in [5.74, 6) is 0.557. The summed E-state index contributed by atoms with van der Waals surface area (Å²) in [7, 11) is 0. The third-order valence-corrected chi connectivity index (χ3v) is 6.82. The van der Waals surface area contributed by atoms with Crippen molar-refractivity contribution in [2.45, 2.75) is 70.9 Å². The number of unbranched alkanes of at least 4 members (excludes halogenated alkanes) is 1. The van der Waals surface area contributed by atoms with Gasteiger partial charge in [0, 0.05) is 26.1 Å². The second kappa shape index (κ2) is 15.7. The number of piperidine rings is 1. The number of nitrogens with one attached hydrogen (secondary N) is 2. The molecule has 0 aliphatic carbocycles. The Morgan fingerprint density at radius 3 is 2.24 bits per heavy atom. The van der Waals surface area contributed by atoms with Crippen molar-refractivity contribution in [1.82, 2.24) is 15.5 Å². The molecule has 2 aromatic carbocycles. The minimum absolute atomic E-state index is 0.0511. The van der Waals surface area contributed by atoms with E-state index in [-0.39, 0.29) is 18.4 Å². The molecule has 1 unspecified atom stereocenters. The van der Waals surface area contributed by atoms with Crippen molar-refractivity contribution in [3.8, 4) is 0 Å². The van der Waals surface area contributed by atoms with E-state index in [1.165, 1.54) is 5.56 Å². The fourth-order valence-electron chi connectivity index (χ4n) is 4.71. The van der Waals surface area contributed by atoms with Gasteiger partial charge in [-0.05, 0) is 62.0 Å². The predicted molar refractivity (Wildman–Crippen MR) is 145 cm³/mol. The van der Waals surface area contributed by atoms with Gasteiger partial charge in [-0.25, -0.2) is 4.79 Å². The normalized spacial score (nSPS) is 14.6. The maximum atomic E-state index is 13.4. The van der Waals surface area contributed by atoms with Gasteiger partial charge in [-0.2, -0.15) is 0 Å². The van der Waals surface area contributed by atoms with Gasteiger partial charge in [0.25, 0.3) is 0 Å². The van der Waals surface area contributed by atoms with Crippen molar-refractivity contribution in [2.24, 2.45) is 5.92 Å². The van der Waals surface area contributed by atoms with Crippen LogP contribution in [0.5, 0.6) is 0 Å². The van der Waals surface area contributed by atoms with Crippen molar-refractivity contribution in [1.29, 1.82) is 0 Å². The number of rotatable bonds is 13. The van der Waals surface area contributed by atoms with E-state index >= 15 is 0 Å². The minimum atomic E-state index is -0.639.